The van der Waals surface area contributed by atoms with Gasteiger partial charge in [-0.25, -0.2) is 4.98 Å². The van der Waals surface area contributed by atoms with E-state index in [1.54, 1.807) is 53.9 Å². The first-order chi connectivity index (χ1) is 14.2. The fourth-order valence-electron chi connectivity index (χ4n) is 2.94. The quantitative estimate of drug-likeness (QED) is 0.467. The number of hydrogen-bond donors (Lipinski definition) is 1. The lowest BCUT2D eigenvalue weighted by molar-refractivity contribution is 0.0949. The van der Waals surface area contributed by atoms with Crippen molar-refractivity contribution in [3.8, 4) is 10.6 Å². The smallest absolute Gasteiger partial charge is 0.251 e. The Balaban J connectivity index is 1.37. The maximum Gasteiger partial charge on any atom is 0.251 e. The Kier molecular flexibility index (Phi) is 5.59. The maximum absolute atomic E-state index is 12.4. The minimum absolute atomic E-state index is 0.0575. The zero-order valence-electron chi connectivity index (χ0n) is 15.5. The molecular weight excluding hydrogens is 380 g/mol. The van der Waals surface area contributed by atoms with Crippen molar-refractivity contribution in [1.29, 1.82) is 0 Å². The van der Waals surface area contributed by atoms with Crippen LogP contribution >= 0.6 is 11.3 Å². The summed E-state index contributed by atoms with van der Waals surface area (Å²) in [6.45, 7) is 0.432. The summed E-state index contributed by atoms with van der Waals surface area (Å²) in [5.74, 6) is -0.231. The highest BCUT2D eigenvalue weighted by atomic mass is 32.1. The van der Waals surface area contributed by atoms with Crippen molar-refractivity contribution in [2.45, 2.75) is 6.54 Å². The van der Waals surface area contributed by atoms with E-state index in [1.165, 1.54) is 0 Å². The number of nitrogens with one attached hydrogen (secondary N) is 1. The fourth-order valence-corrected chi connectivity index (χ4v) is 3.59. The van der Waals surface area contributed by atoms with Gasteiger partial charge in [-0.05, 0) is 17.7 Å². The van der Waals surface area contributed by atoms with Crippen LogP contribution in [0, 0.1) is 0 Å². The summed E-state index contributed by atoms with van der Waals surface area (Å²) < 4.78 is 0. The molecule has 0 saturated heterocycles. The topological polar surface area (TPSA) is 59.1 Å². The molecule has 1 amide bonds. The van der Waals surface area contributed by atoms with Crippen LogP contribution in [0.5, 0.6) is 0 Å². The van der Waals surface area contributed by atoms with E-state index in [-0.39, 0.29) is 11.7 Å². The second kappa shape index (κ2) is 8.63. The molecule has 0 aliphatic rings. The average Bonchev–Trinajstić information content (AvgIpc) is 3.33. The van der Waals surface area contributed by atoms with Crippen LogP contribution in [0.15, 0.2) is 90.4 Å². The van der Waals surface area contributed by atoms with Crippen LogP contribution in [0.4, 0.5) is 0 Å². The summed E-state index contributed by atoms with van der Waals surface area (Å²) >= 11 is 1.59. The molecule has 29 heavy (non-hydrogen) atoms. The predicted molar refractivity (Wildman–Crippen MR) is 115 cm³/mol. The summed E-state index contributed by atoms with van der Waals surface area (Å²) in [4.78, 5) is 29.2. The summed E-state index contributed by atoms with van der Waals surface area (Å²) in [6.07, 6.45) is 1.78. The standard InChI is InChI=1S/C24H18N2O2S/c27-22(18-4-2-1-3-5-18)19-10-12-20(13-11-19)23(28)26-16-17-6-8-21(9-7-17)24-25-14-15-29-24/h1-15H,16H2,(H,26,28). The van der Waals surface area contributed by atoms with Crippen LogP contribution in [-0.4, -0.2) is 16.7 Å². The van der Waals surface area contributed by atoms with Gasteiger partial charge >= 0.3 is 0 Å². The molecule has 0 atom stereocenters. The largest absolute Gasteiger partial charge is 0.348 e. The average molecular weight is 398 g/mol. The Bertz CT molecular complexity index is 1100. The molecule has 0 unspecified atom stereocenters. The van der Waals surface area contributed by atoms with Crippen LogP contribution < -0.4 is 5.32 Å². The third-order valence-corrected chi connectivity index (χ3v) is 5.35. The highest BCUT2D eigenvalue weighted by Gasteiger charge is 2.10. The Labute approximate surface area is 172 Å². The zero-order valence-corrected chi connectivity index (χ0v) is 16.4. The van der Waals surface area contributed by atoms with Gasteiger partial charge in [-0.3, -0.25) is 9.59 Å². The number of carbonyl (C=O) groups excluding carboxylic acids is 2. The lowest BCUT2D eigenvalue weighted by Gasteiger charge is -2.07. The first-order valence-corrected chi connectivity index (χ1v) is 10.1. The van der Waals surface area contributed by atoms with Gasteiger partial charge in [-0.2, -0.15) is 0 Å². The molecule has 4 rings (SSSR count). The van der Waals surface area contributed by atoms with Gasteiger partial charge in [-0.1, -0.05) is 66.7 Å². The molecule has 0 bridgehead atoms. The molecule has 0 radical (unpaired) electrons. The van der Waals surface area contributed by atoms with Crippen LogP contribution in [0.3, 0.4) is 0 Å². The second-order valence-electron chi connectivity index (χ2n) is 6.49. The number of hydrogen-bond acceptors (Lipinski definition) is 4. The van der Waals surface area contributed by atoms with Crippen LogP contribution in [0.1, 0.15) is 31.8 Å². The molecule has 0 fully saturated rings. The minimum atomic E-state index is -0.173. The molecule has 0 spiro atoms. The van der Waals surface area contributed by atoms with Gasteiger partial charge in [0.05, 0.1) is 0 Å². The molecule has 0 aliphatic carbocycles. The molecule has 3 aromatic carbocycles. The van der Waals surface area contributed by atoms with E-state index in [9.17, 15) is 9.59 Å². The number of nitrogens with zero attached hydrogens (tertiary/aromatic N) is 1. The summed E-state index contributed by atoms with van der Waals surface area (Å²) in [7, 11) is 0. The fraction of sp³-hybridized carbons (Fsp3) is 0.0417. The molecule has 1 aromatic heterocycles. The summed E-state index contributed by atoms with van der Waals surface area (Å²) in [6, 6.07) is 23.8. The van der Waals surface area contributed by atoms with Gasteiger partial charge < -0.3 is 5.32 Å². The molecule has 1 heterocycles. The van der Waals surface area contributed by atoms with Gasteiger partial charge in [0, 0.05) is 40.4 Å². The van der Waals surface area contributed by atoms with Crippen molar-refractivity contribution < 1.29 is 9.59 Å². The van der Waals surface area contributed by atoms with Crippen LogP contribution in [0.2, 0.25) is 0 Å². The summed E-state index contributed by atoms with van der Waals surface area (Å²) in [5.41, 5.74) is 3.79. The third-order valence-electron chi connectivity index (χ3n) is 4.53. The van der Waals surface area contributed by atoms with Crippen molar-refractivity contribution in [2.24, 2.45) is 0 Å². The molecular formula is C24H18N2O2S. The zero-order chi connectivity index (χ0) is 20.1. The van der Waals surface area contributed by atoms with Crippen molar-refractivity contribution in [3.63, 3.8) is 0 Å². The third kappa shape index (κ3) is 4.47. The Morgan fingerprint density at radius 3 is 2.10 bits per heavy atom. The normalized spacial score (nSPS) is 10.5. The number of carbonyl (C=O) groups is 2. The number of thiazole rings is 1. The molecule has 142 valence electrons. The number of ketones is 1. The Hall–Kier alpha value is -3.57. The molecule has 4 aromatic rings. The van der Waals surface area contributed by atoms with E-state index in [2.05, 4.69) is 10.3 Å². The van der Waals surface area contributed by atoms with Crippen molar-refractivity contribution in [1.82, 2.24) is 10.3 Å². The van der Waals surface area contributed by atoms with E-state index >= 15 is 0 Å². The predicted octanol–water partition coefficient (Wildman–Crippen LogP) is 4.97. The number of amides is 1. The van der Waals surface area contributed by atoms with E-state index in [0.717, 1.165) is 16.1 Å². The first kappa shape index (κ1) is 18.8. The van der Waals surface area contributed by atoms with Crippen molar-refractivity contribution in [3.05, 3.63) is 113 Å². The monoisotopic (exact) mass is 398 g/mol. The number of aromatic nitrogens is 1. The maximum atomic E-state index is 12.4. The summed E-state index contributed by atoms with van der Waals surface area (Å²) in [5, 5.41) is 5.84. The van der Waals surface area contributed by atoms with E-state index in [0.29, 0.717) is 23.2 Å². The van der Waals surface area contributed by atoms with E-state index in [1.807, 2.05) is 47.8 Å². The van der Waals surface area contributed by atoms with Crippen molar-refractivity contribution >= 4 is 23.0 Å². The molecule has 4 nitrogen and oxygen atoms in total. The lowest BCUT2D eigenvalue weighted by atomic mass is 10.0. The highest BCUT2D eigenvalue weighted by Crippen LogP contribution is 2.21. The van der Waals surface area contributed by atoms with Gasteiger partial charge in [-0.15, -0.1) is 11.3 Å². The second-order valence-corrected chi connectivity index (χ2v) is 7.38. The number of rotatable bonds is 6. The van der Waals surface area contributed by atoms with Gasteiger partial charge in [0.15, 0.2) is 5.78 Å². The number of benzene rings is 3. The molecule has 5 heteroatoms. The van der Waals surface area contributed by atoms with Gasteiger partial charge in [0.25, 0.3) is 5.91 Å². The minimum Gasteiger partial charge on any atom is -0.348 e. The van der Waals surface area contributed by atoms with Gasteiger partial charge in [0.2, 0.25) is 0 Å². The SMILES string of the molecule is O=C(NCc1ccc(-c2nccs2)cc1)c1ccc(C(=O)c2ccccc2)cc1. The Morgan fingerprint density at radius 2 is 1.45 bits per heavy atom. The van der Waals surface area contributed by atoms with E-state index in [4.69, 9.17) is 0 Å². The van der Waals surface area contributed by atoms with Crippen LogP contribution in [0.25, 0.3) is 10.6 Å². The van der Waals surface area contributed by atoms with Crippen LogP contribution in [-0.2, 0) is 6.54 Å². The molecule has 0 aliphatic heterocycles. The molecule has 0 saturated carbocycles. The highest BCUT2D eigenvalue weighted by molar-refractivity contribution is 7.13. The van der Waals surface area contributed by atoms with E-state index < -0.39 is 0 Å². The van der Waals surface area contributed by atoms with Crippen molar-refractivity contribution in [2.75, 3.05) is 0 Å². The Morgan fingerprint density at radius 1 is 0.793 bits per heavy atom. The first-order valence-electron chi connectivity index (χ1n) is 9.17. The molecule has 1 N–H and O–H groups in total. The van der Waals surface area contributed by atoms with Gasteiger partial charge in [0.1, 0.15) is 5.01 Å². The lowest BCUT2D eigenvalue weighted by Crippen LogP contribution is -2.22.